The molecule has 2 rings (SSSR count). The van der Waals surface area contributed by atoms with Crippen molar-refractivity contribution in [3.05, 3.63) is 22.4 Å². The highest BCUT2D eigenvalue weighted by Gasteiger charge is 2.41. The van der Waals surface area contributed by atoms with Crippen molar-refractivity contribution in [1.29, 1.82) is 0 Å². The highest BCUT2D eigenvalue weighted by Crippen LogP contribution is 2.31. The number of nitrogens with zero attached hydrogens (tertiary/aromatic N) is 1. The van der Waals surface area contributed by atoms with Gasteiger partial charge in [-0.3, -0.25) is 10.1 Å². The van der Waals surface area contributed by atoms with Crippen LogP contribution in [0.25, 0.3) is 0 Å². The lowest BCUT2D eigenvalue weighted by Gasteiger charge is -2.30. The second-order valence-electron chi connectivity index (χ2n) is 5.34. The first-order valence-electron chi connectivity index (χ1n) is 7.28. The third-order valence-corrected chi connectivity index (χ3v) is 5.19. The van der Waals surface area contributed by atoms with Crippen LogP contribution in [-0.2, 0) is 4.79 Å². The molecule has 3 nitrogen and oxygen atoms in total. The maximum absolute atomic E-state index is 12.7. The van der Waals surface area contributed by atoms with Gasteiger partial charge in [0.25, 0.3) is 0 Å². The average molecular weight is 313 g/mol. The van der Waals surface area contributed by atoms with Gasteiger partial charge in [-0.1, -0.05) is 13.3 Å². The first kappa shape index (κ1) is 15.9. The van der Waals surface area contributed by atoms with Gasteiger partial charge in [0, 0.05) is 6.04 Å². The van der Waals surface area contributed by atoms with Crippen LogP contribution in [0.1, 0.15) is 44.8 Å². The van der Waals surface area contributed by atoms with Gasteiger partial charge in [-0.05, 0) is 54.2 Å². The molecule has 0 aliphatic carbocycles. The average Bonchev–Trinajstić information content (AvgIpc) is 3.05. The van der Waals surface area contributed by atoms with E-state index in [9.17, 15) is 4.79 Å². The van der Waals surface area contributed by atoms with Gasteiger partial charge < -0.3 is 4.90 Å². The van der Waals surface area contributed by atoms with Crippen LogP contribution in [-0.4, -0.2) is 34.9 Å². The molecular formula is C15H24N2OS2. The summed E-state index contributed by atoms with van der Waals surface area (Å²) in [6.45, 7) is 4.30. The van der Waals surface area contributed by atoms with E-state index in [0.29, 0.717) is 0 Å². The maximum atomic E-state index is 12.7. The fourth-order valence-corrected chi connectivity index (χ4v) is 3.99. The van der Waals surface area contributed by atoms with Gasteiger partial charge in [0.05, 0.1) is 6.04 Å². The minimum absolute atomic E-state index is 0.0124. The Morgan fingerprint density at radius 1 is 1.55 bits per heavy atom. The second-order valence-corrected chi connectivity index (χ2v) is 7.11. The molecular weight excluding hydrogens is 288 g/mol. The monoisotopic (exact) mass is 312 g/mol. The lowest BCUT2D eigenvalue weighted by Crippen LogP contribution is -2.38. The first-order chi connectivity index (χ1) is 9.69. The van der Waals surface area contributed by atoms with E-state index in [0.717, 1.165) is 25.0 Å². The summed E-state index contributed by atoms with van der Waals surface area (Å²) < 4.78 is 0. The van der Waals surface area contributed by atoms with E-state index in [1.165, 1.54) is 5.56 Å². The quantitative estimate of drug-likeness (QED) is 0.836. The molecule has 20 heavy (non-hydrogen) atoms. The molecule has 1 aliphatic heterocycles. The number of amides is 1. The second kappa shape index (κ2) is 7.48. The largest absolute Gasteiger partial charge is 0.319 e. The zero-order valence-electron chi connectivity index (χ0n) is 12.5. The fourth-order valence-electron chi connectivity index (χ4n) is 2.73. The molecule has 3 unspecified atom stereocenters. The van der Waals surface area contributed by atoms with Crippen LogP contribution in [0.2, 0.25) is 0 Å². The third kappa shape index (κ3) is 3.38. The van der Waals surface area contributed by atoms with Crippen molar-refractivity contribution in [1.82, 2.24) is 10.2 Å². The number of rotatable bonds is 7. The van der Waals surface area contributed by atoms with Crippen molar-refractivity contribution in [2.45, 2.75) is 51.4 Å². The fraction of sp³-hybridized carbons (Fsp3) is 0.667. The van der Waals surface area contributed by atoms with Crippen molar-refractivity contribution >= 4 is 29.0 Å². The SMILES string of the molecule is CCCC1NC(c2ccsc2)N(C(C)CCSC)C1=O. The minimum atomic E-state index is -0.0124. The smallest absolute Gasteiger partial charge is 0.241 e. The topological polar surface area (TPSA) is 32.3 Å². The van der Waals surface area contributed by atoms with Crippen molar-refractivity contribution in [3.63, 3.8) is 0 Å². The number of hydrogen-bond donors (Lipinski definition) is 1. The highest BCUT2D eigenvalue weighted by atomic mass is 32.2. The van der Waals surface area contributed by atoms with Crippen LogP contribution in [0.3, 0.4) is 0 Å². The maximum Gasteiger partial charge on any atom is 0.241 e. The minimum Gasteiger partial charge on any atom is -0.319 e. The molecule has 2 heterocycles. The molecule has 112 valence electrons. The van der Waals surface area contributed by atoms with Crippen molar-refractivity contribution in [3.8, 4) is 0 Å². The summed E-state index contributed by atoms with van der Waals surface area (Å²) in [4.78, 5) is 14.7. The summed E-state index contributed by atoms with van der Waals surface area (Å²) in [5.74, 6) is 1.37. The zero-order chi connectivity index (χ0) is 14.5. The Balaban J connectivity index is 2.16. The van der Waals surface area contributed by atoms with E-state index >= 15 is 0 Å². The molecule has 1 amide bonds. The number of thioether (sulfide) groups is 1. The van der Waals surface area contributed by atoms with E-state index < -0.39 is 0 Å². The molecule has 0 saturated carbocycles. The van der Waals surface area contributed by atoms with Crippen LogP contribution < -0.4 is 5.32 Å². The van der Waals surface area contributed by atoms with Crippen molar-refractivity contribution in [2.75, 3.05) is 12.0 Å². The number of carbonyl (C=O) groups excluding carboxylic acids is 1. The van der Waals surface area contributed by atoms with Gasteiger partial charge in [0.1, 0.15) is 6.17 Å². The van der Waals surface area contributed by atoms with Crippen LogP contribution in [0, 0.1) is 0 Å². The molecule has 1 aliphatic rings. The molecule has 1 N–H and O–H groups in total. The number of nitrogens with one attached hydrogen (secondary N) is 1. The number of carbonyl (C=O) groups is 1. The Hall–Kier alpha value is -0.520. The summed E-state index contributed by atoms with van der Waals surface area (Å²) in [5, 5.41) is 7.76. The van der Waals surface area contributed by atoms with Gasteiger partial charge in [0.2, 0.25) is 5.91 Å². The van der Waals surface area contributed by atoms with E-state index in [-0.39, 0.29) is 24.2 Å². The summed E-state index contributed by atoms with van der Waals surface area (Å²) in [7, 11) is 0. The summed E-state index contributed by atoms with van der Waals surface area (Å²) in [5.41, 5.74) is 1.22. The third-order valence-electron chi connectivity index (χ3n) is 3.84. The van der Waals surface area contributed by atoms with Gasteiger partial charge in [-0.25, -0.2) is 0 Å². The molecule has 0 spiro atoms. The molecule has 1 aromatic rings. The predicted octanol–water partition coefficient (Wildman–Crippen LogP) is 3.49. The molecule has 1 saturated heterocycles. The Morgan fingerprint density at radius 2 is 2.35 bits per heavy atom. The van der Waals surface area contributed by atoms with E-state index in [2.05, 4.69) is 47.1 Å². The van der Waals surface area contributed by atoms with Gasteiger partial charge in [-0.15, -0.1) is 0 Å². The molecule has 3 atom stereocenters. The Kier molecular flexibility index (Phi) is 5.93. The van der Waals surface area contributed by atoms with Gasteiger partial charge in [-0.2, -0.15) is 23.1 Å². The molecule has 0 bridgehead atoms. The summed E-state index contributed by atoms with van der Waals surface area (Å²) in [6.07, 6.45) is 5.18. The Morgan fingerprint density at radius 3 is 2.95 bits per heavy atom. The Bertz CT molecular complexity index is 422. The normalized spacial score (nSPS) is 24.4. The lowest BCUT2D eigenvalue weighted by atomic mass is 10.1. The highest BCUT2D eigenvalue weighted by molar-refractivity contribution is 7.98. The number of hydrogen-bond acceptors (Lipinski definition) is 4. The molecule has 1 aromatic heterocycles. The number of thiophene rings is 1. The van der Waals surface area contributed by atoms with Crippen molar-refractivity contribution in [2.24, 2.45) is 0 Å². The van der Waals surface area contributed by atoms with Gasteiger partial charge >= 0.3 is 0 Å². The molecule has 0 radical (unpaired) electrons. The summed E-state index contributed by atoms with van der Waals surface area (Å²) in [6, 6.07) is 2.40. The van der Waals surface area contributed by atoms with E-state index in [4.69, 9.17) is 0 Å². The lowest BCUT2D eigenvalue weighted by molar-refractivity contribution is -0.132. The zero-order valence-corrected chi connectivity index (χ0v) is 14.1. The Labute approximate surface area is 130 Å². The first-order valence-corrected chi connectivity index (χ1v) is 9.62. The molecule has 1 fully saturated rings. The summed E-state index contributed by atoms with van der Waals surface area (Å²) >= 11 is 3.54. The van der Waals surface area contributed by atoms with E-state index in [1.54, 1.807) is 11.3 Å². The van der Waals surface area contributed by atoms with Crippen LogP contribution in [0.4, 0.5) is 0 Å². The van der Waals surface area contributed by atoms with Crippen LogP contribution in [0.5, 0.6) is 0 Å². The van der Waals surface area contributed by atoms with Crippen molar-refractivity contribution < 1.29 is 4.79 Å². The molecule has 5 heteroatoms. The van der Waals surface area contributed by atoms with Crippen LogP contribution >= 0.6 is 23.1 Å². The van der Waals surface area contributed by atoms with Gasteiger partial charge in [0.15, 0.2) is 0 Å². The standard InChI is InChI=1S/C15H24N2OS2/c1-4-5-13-15(18)17(11(2)6-8-19-3)14(16-13)12-7-9-20-10-12/h7,9-11,13-14,16H,4-6,8H2,1-3H3. The molecule has 0 aromatic carbocycles. The predicted molar refractivity (Wildman–Crippen MR) is 88.2 cm³/mol. The van der Waals surface area contributed by atoms with Crippen LogP contribution in [0.15, 0.2) is 16.8 Å². The van der Waals surface area contributed by atoms with E-state index in [1.807, 2.05) is 11.8 Å².